The Hall–Kier alpha value is -0.0400. The van der Waals surface area contributed by atoms with E-state index < -0.39 is 0 Å². The third-order valence-corrected chi connectivity index (χ3v) is 4.98. The largest absolute Gasteiger partial charge is 0.328 e. The SMILES string of the molecule is CC1CC(C)CC(C2(C)CCC(N)C2)C1. The molecule has 0 heterocycles. The lowest BCUT2D eigenvalue weighted by molar-refractivity contribution is 0.0898. The summed E-state index contributed by atoms with van der Waals surface area (Å²) in [5.74, 6) is 2.82. The highest BCUT2D eigenvalue weighted by Crippen LogP contribution is 2.50. The highest BCUT2D eigenvalue weighted by atomic mass is 14.7. The Morgan fingerprint density at radius 2 is 1.67 bits per heavy atom. The third-order valence-electron chi connectivity index (χ3n) is 4.98. The molecule has 88 valence electrons. The van der Waals surface area contributed by atoms with Gasteiger partial charge < -0.3 is 5.73 Å². The van der Waals surface area contributed by atoms with E-state index in [0.29, 0.717) is 11.5 Å². The van der Waals surface area contributed by atoms with Crippen molar-refractivity contribution in [3.8, 4) is 0 Å². The van der Waals surface area contributed by atoms with Crippen molar-refractivity contribution in [3.05, 3.63) is 0 Å². The molecule has 2 fully saturated rings. The molecule has 0 saturated heterocycles. The zero-order chi connectivity index (χ0) is 11.1. The van der Waals surface area contributed by atoms with E-state index in [-0.39, 0.29) is 0 Å². The predicted molar refractivity (Wildman–Crippen MR) is 65.6 cm³/mol. The van der Waals surface area contributed by atoms with Gasteiger partial charge in [-0.05, 0) is 61.7 Å². The van der Waals surface area contributed by atoms with Gasteiger partial charge in [0.2, 0.25) is 0 Å². The predicted octanol–water partition coefficient (Wildman–Crippen LogP) is 3.58. The van der Waals surface area contributed by atoms with Crippen LogP contribution in [0.1, 0.15) is 59.3 Å². The average molecular weight is 209 g/mol. The molecule has 0 aliphatic heterocycles. The molecule has 4 atom stereocenters. The van der Waals surface area contributed by atoms with Crippen LogP contribution in [-0.4, -0.2) is 6.04 Å². The molecule has 0 aromatic rings. The Morgan fingerprint density at radius 1 is 1.07 bits per heavy atom. The van der Waals surface area contributed by atoms with Crippen molar-refractivity contribution in [2.24, 2.45) is 28.9 Å². The van der Waals surface area contributed by atoms with Gasteiger partial charge in [0.15, 0.2) is 0 Å². The number of hydrogen-bond donors (Lipinski definition) is 1. The smallest absolute Gasteiger partial charge is 0.00443 e. The molecule has 1 nitrogen and oxygen atoms in total. The summed E-state index contributed by atoms with van der Waals surface area (Å²) < 4.78 is 0. The van der Waals surface area contributed by atoms with Crippen LogP contribution in [0.4, 0.5) is 0 Å². The first kappa shape index (κ1) is 11.4. The summed E-state index contributed by atoms with van der Waals surface area (Å²) >= 11 is 0. The number of nitrogens with two attached hydrogens (primary N) is 1. The highest BCUT2D eigenvalue weighted by Gasteiger charge is 2.42. The molecule has 0 aromatic heterocycles. The second-order valence-electron chi connectivity index (χ2n) is 6.77. The molecule has 15 heavy (non-hydrogen) atoms. The molecule has 2 saturated carbocycles. The molecule has 0 aromatic carbocycles. The zero-order valence-electron chi connectivity index (χ0n) is 10.6. The summed E-state index contributed by atoms with van der Waals surface area (Å²) in [6.07, 6.45) is 8.25. The molecule has 4 unspecified atom stereocenters. The fraction of sp³-hybridized carbons (Fsp3) is 1.00. The van der Waals surface area contributed by atoms with E-state index in [2.05, 4.69) is 20.8 Å². The van der Waals surface area contributed by atoms with E-state index in [9.17, 15) is 0 Å². The van der Waals surface area contributed by atoms with Gasteiger partial charge in [-0.3, -0.25) is 0 Å². The van der Waals surface area contributed by atoms with Crippen LogP contribution in [0, 0.1) is 23.2 Å². The molecule has 1 heteroatoms. The third kappa shape index (κ3) is 2.38. The van der Waals surface area contributed by atoms with E-state index in [4.69, 9.17) is 5.73 Å². The van der Waals surface area contributed by atoms with Gasteiger partial charge in [0, 0.05) is 6.04 Å². The summed E-state index contributed by atoms with van der Waals surface area (Å²) in [7, 11) is 0. The van der Waals surface area contributed by atoms with Crippen molar-refractivity contribution in [2.75, 3.05) is 0 Å². The fourth-order valence-electron chi connectivity index (χ4n) is 4.21. The second-order valence-corrected chi connectivity index (χ2v) is 6.77. The number of hydrogen-bond acceptors (Lipinski definition) is 1. The van der Waals surface area contributed by atoms with Crippen molar-refractivity contribution in [2.45, 2.75) is 65.3 Å². The first-order valence-corrected chi connectivity index (χ1v) is 6.75. The van der Waals surface area contributed by atoms with E-state index in [1.807, 2.05) is 0 Å². The molecule has 2 aliphatic carbocycles. The van der Waals surface area contributed by atoms with Crippen LogP contribution in [0.5, 0.6) is 0 Å². The Balaban J connectivity index is 2.03. The summed E-state index contributed by atoms with van der Waals surface area (Å²) in [6.45, 7) is 7.36. The van der Waals surface area contributed by atoms with Crippen LogP contribution in [0.3, 0.4) is 0 Å². The summed E-state index contributed by atoms with van der Waals surface area (Å²) in [5.41, 5.74) is 6.66. The van der Waals surface area contributed by atoms with Gasteiger partial charge in [-0.15, -0.1) is 0 Å². The van der Waals surface area contributed by atoms with Crippen molar-refractivity contribution < 1.29 is 0 Å². The lowest BCUT2D eigenvalue weighted by Gasteiger charge is -2.41. The van der Waals surface area contributed by atoms with Gasteiger partial charge in [-0.1, -0.05) is 20.8 Å². The maximum Gasteiger partial charge on any atom is 0.00443 e. The van der Waals surface area contributed by atoms with Crippen molar-refractivity contribution in [3.63, 3.8) is 0 Å². The minimum Gasteiger partial charge on any atom is -0.328 e. The lowest BCUT2D eigenvalue weighted by Crippen LogP contribution is -2.33. The lowest BCUT2D eigenvalue weighted by atomic mass is 9.64. The summed E-state index contributed by atoms with van der Waals surface area (Å²) in [5, 5.41) is 0. The normalized spacial score (nSPS) is 52.0. The molecule has 0 amide bonds. The maximum absolute atomic E-state index is 6.09. The van der Waals surface area contributed by atoms with E-state index in [0.717, 1.165) is 17.8 Å². The quantitative estimate of drug-likeness (QED) is 0.702. The van der Waals surface area contributed by atoms with Crippen LogP contribution >= 0.6 is 0 Å². The van der Waals surface area contributed by atoms with E-state index >= 15 is 0 Å². The van der Waals surface area contributed by atoms with Crippen LogP contribution < -0.4 is 5.73 Å². The van der Waals surface area contributed by atoms with Gasteiger partial charge in [0.1, 0.15) is 0 Å². The van der Waals surface area contributed by atoms with Gasteiger partial charge in [0.05, 0.1) is 0 Å². The molecular formula is C14H27N. The highest BCUT2D eigenvalue weighted by molar-refractivity contribution is 4.94. The zero-order valence-corrected chi connectivity index (χ0v) is 10.6. The minimum atomic E-state index is 0.488. The molecule has 2 aliphatic rings. The Morgan fingerprint density at radius 3 is 2.13 bits per heavy atom. The van der Waals surface area contributed by atoms with Crippen LogP contribution in [0.15, 0.2) is 0 Å². The van der Waals surface area contributed by atoms with Gasteiger partial charge in [-0.2, -0.15) is 0 Å². The summed E-state index contributed by atoms with van der Waals surface area (Å²) in [6, 6.07) is 0.488. The van der Waals surface area contributed by atoms with Crippen LogP contribution in [0.2, 0.25) is 0 Å². The molecule has 0 radical (unpaired) electrons. The molecule has 0 bridgehead atoms. The molecular weight excluding hydrogens is 182 g/mol. The fourth-order valence-corrected chi connectivity index (χ4v) is 4.21. The topological polar surface area (TPSA) is 26.0 Å². The Labute approximate surface area is 94.8 Å². The van der Waals surface area contributed by atoms with Gasteiger partial charge in [0.25, 0.3) is 0 Å². The average Bonchev–Trinajstić information content (AvgIpc) is 2.46. The standard InChI is InChI=1S/C14H27N/c1-10-6-11(2)8-12(7-10)14(3)5-4-13(15)9-14/h10-13H,4-9,15H2,1-3H3. The van der Waals surface area contributed by atoms with Gasteiger partial charge in [-0.25, -0.2) is 0 Å². The van der Waals surface area contributed by atoms with Gasteiger partial charge >= 0.3 is 0 Å². The molecule has 0 spiro atoms. The van der Waals surface area contributed by atoms with E-state index in [1.54, 1.807) is 0 Å². The Bertz CT molecular complexity index is 215. The summed E-state index contributed by atoms with van der Waals surface area (Å²) in [4.78, 5) is 0. The van der Waals surface area contributed by atoms with E-state index in [1.165, 1.54) is 38.5 Å². The molecule has 2 N–H and O–H groups in total. The van der Waals surface area contributed by atoms with Crippen molar-refractivity contribution in [1.82, 2.24) is 0 Å². The number of rotatable bonds is 1. The van der Waals surface area contributed by atoms with Crippen molar-refractivity contribution in [1.29, 1.82) is 0 Å². The minimum absolute atomic E-state index is 0.488. The monoisotopic (exact) mass is 209 g/mol. The Kier molecular flexibility index (Phi) is 3.12. The van der Waals surface area contributed by atoms with Crippen LogP contribution in [0.25, 0.3) is 0 Å². The van der Waals surface area contributed by atoms with Crippen LogP contribution in [-0.2, 0) is 0 Å². The first-order valence-electron chi connectivity index (χ1n) is 6.75. The second kappa shape index (κ2) is 4.08. The first-order chi connectivity index (χ1) is 6.99. The van der Waals surface area contributed by atoms with Crippen molar-refractivity contribution >= 4 is 0 Å². The maximum atomic E-state index is 6.09. The molecule has 2 rings (SSSR count).